The van der Waals surface area contributed by atoms with Crippen LogP contribution in [-0.2, 0) is 0 Å². The molecule has 0 aromatic heterocycles. The van der Waals surface area contributed by atoms with Gasteiger partial charge < -0.3 is 0 Å². The summed E-state index contributed by atoms with van der Waals surface area (Å²) in [5.74, 6) is 0.668. The summed E-state index contributed by atoms with van der Waals surface area (Å²) in [4.78, 5) is 11.1. The summed E-state index contributed by atoms with van der Waals surface area (Å²) in [5, 5.41) is 0. The molecule has 50 valence electrons. The molecule has 2 fully saturated rings. The minimum absolute atomic E-state index is 0.384. The molecule has 0 saturated carbocycles. The van der Waals surface area contributed by atoms with E-state index in [1.54, 1.807) is 0 Å². The summed E-state index contributed by atoms with van der Waals surface area (Å²) in [6.45, 7) is 2.19. The Morgan fingerprint density at radius 2 is 2.22 bits per heavy atom. The highest BCUT2D eigenvalue weighted by molar-refractivity contribution is 4.84. The maximum Gasteiger partial charge on any atom is 0.204 e. The number of hydrogen-bond donors (Lipinski definition) is 0. The normalized spacial score (nSPS) is 48.6. The quantitative estimate of drug-likeness (QED) is 0.448. The maximum atomic E-state index is 11.1. The van der Waals surface area contributed by atoms with Gasteiger partial charge in [0.05, 0.1) is 0 Å². The summed E-state index contributed by atoms with van der Waals surface area (Å²) >= 11 is 0. The Morgan fingerprint density at radius 3 is 2.44 bits per heavy atom. The minimum Gasteiger partial charge on any atom is -0.0557 e. The van der Waals surface area contributed by atoms with E-state index < -0.39 is 0 Å². The van der Waals surface area contributed by atoms with Crippen LogP contribution in [-0.4, -0.2) is 16.8 Å². The van der Waals surface area contributed by atoms with Crippen molar-refractivity contribution in [3.8, 4) is 0 Å². The predicted molar refractivity (Wildman–Crippen MR) is 34.2 cm³/mol. The third kappa shape index (κ3) is 0.562. The zero-order valence-corrected chi connectivity index (χ0v) is 5.71. The average Bonchev–Trinajstić information content (AvgIpc) is 2.25. The molecular formula is C7H12NO+. The van der Waals surface area contributed by atoms with Crippen molar-refractivity contribution in [1.82, 2.24) is 0 Å². The molecule has 2 aliphatic heterocycles. The van der Waals surface area contributed by atoms with Gasteiger partial charge in [-0.3, -0.25) is 0 Å². The van der Waals surface area contributed by atoms with Crippen LogP contribution < -0.4 is 0 Å². The van der Waals surface area contributed by atoms with Crippen LogP contribution >= 0.6 is 0 Å². The van der Waals surface area contributed by atoms with Crippen LogP contribution in [0.3, 0.4) is 0 Å². The summed E-state index contributed by atoms with van der Waals surface area (Å²) in [7, 11) is 0. The predicted octanol–water partition coefficient (Wildman–Crippen LogP) is 1.34. The highest BCUT2D eigenvalue weighted by Gasteiger charge is 2.52. The lowest BCUT2D eigenvalue weighted by atomic mass is 9.91. The lowest BCUT2D eigenvalue weighted by molar-refractivity contribution is -0.578. The molecule has 3 unspecified atom stereocenters. The molecule has 0 spiro atoms. The van der Waals surface area contributed by atoms with Gasteiger partial charge in [0.25, 0.3) is 0 Å². The summed E-state index contributed by atoms with van der Waals surface area (Å²) < 4.78 is 1.32. The van der Waals surface area contributed by atoms with E-state index in [1.165, 1.54) is 4.76 Å². The topological polar surface area (TPSA) is 20.1 Å². The maximum absolute atomic E-state index is 11.1. The molecule has 3 atom stereocenters. The number of hydrogen-bond acceptors (Lipinski definition) is 1. The van der Waals surface area contributed by atoms with E-state index in [1.807, 2.05) is 0 Å². The Labute approximate surface area is 54.8 Å². The van der Waals surface area contributed by atoms with Crippen molar-refractivity contribution >= 4 is 0 Å². The van der Waals surface area contributed by atoms with E-state index in [9.17, 15) is 4.91 Å². The molecule has 0 aliphatic carbocycles. The third-order valence-electron chi connectivity index (χ3n) is 2.78. The van der Waals surface area contributed by atoms with Crippen molar-refractivity contribution in [2.75, 3.05) is 0 Å². The van der Waals surface area contributed by atoms with Crippen molar-refractivity contribution in [3.63, 3.8) is 0 Å². The van der Waals surface area contributed by atoms with E-state index in [-0.39, 0.29) is 0 Å². The molecule has 2 nitrogen and oxygen atoms in total. The van der Waals surface area contributed by atoms with Crippen LogP contribution in [0.25, 0.3) is 0 Å². The number of nitroso groups, excluding NO2 is 1. The fraction of sp³-hybridized carbons (Fsp3) is 1.00. The van der Waals surface area contributed by atoms with Crippen molar-refractivity contribution in [1.29, 1.82) is 0 Å². The van der Waals surface area contributed by atoms with Crippen LogP contribution in [0.5, 0.6) is 0 Å². The van der Waals surface area contributed by atoms with Gasteiger partial charge in [-0.25, -0.2) is 0 Å². The van der Waals surface area contributed by atoms with Crippen LogP contribution in [0.15, 0.2) is 0 Å². The molecule has 2 aliphatic rings. The summed E-state index contributed by atoms with van der Waals surface area (Å²) in [5.41, 5.74) is 0. The summed E-state index contributed by atoms with van der Waals surface area (Å²) in [6.07, 6.45) is 3.45. The van der Waals surface area contributed by atoms with Crippen LogP contribution in [0.2, 0.25) is 0 Å². The van der Waals surface area contributed by atoms with Crippen LogP contribution in [0, 0.1) is 10.8 Å². The van der Waals surface area contributed by atoms with Gasteiger partial charge in [-0.05, 0) is 0 Å². The smallest absolute Gasteiger partial charge is 0.0557 e. The molecule has 2 bridgehead atoms. The number of rotatable bonds is 0. The van der Waals surface area contributed by atoms with Crippen molar-refractivity contribution in [2.24, 2.45) is 5.92 Å². The Morgan fingerprint density at radius 1 is 1.44 bits per heavy atom. The van der Waals surface area contributed by atoms with Gasteiger partial charge in [-0.1, -0.05) is 6.92 Å². The van der Waals surface area contributed by atoms with Gasteiger partial charge in [0.1, 0.15) is 0 Å². The highest BCUT2D eigenvalue weighted by Crippen LogP contribution is 2.37. The molecule has 9 heavy (non-hydrogen) atoms. The molecule has 0 radical (unpaired) electrons. The Kier molecular flexibility index (Phi) is 0.930. The third-order valence-corrected chi connectivity index (χ3v) is 2.78. The van der Waals surface area contributed by atoms with Crippen LogP contribution in [0.4, 0.5) is 0 Å². The molecule has 0 aromatic carbocycles. The monoisotopic (exact) mass is 126 g/mol. The molecule has 2 saturated heterocycles. The number of nitrogens with zero attached hydrogens (tertiary/aromatic N) is 1. The first kappa shape index (κ1) is 5.39. The molecule has 0 amide bonds. The highest BCUT2D eigenvalue weighted by atomic mass is 16.3. The van der Waals surface area contributed by atoms with Gasteiger partial charge in [0.2, 0.25) is 12.1 Å². The SMILES string of the molecule is CC1CC2CCC1[N+]2=O. The van der Waals surface area contributed by atoms with E-state index in [2.05, 4.69) is 6.92 Å². The van der Waals surface area contributed by atoms with Crippen LogP contribution in [0.1, 0.15) is 26.2 Å². The fourth-order valence-electron chi connectivity index (χ4n) is 2.23. The van der Waals surface area contributed by atoms with Gasteiger partial charge in [-0.2, -0.15) is 0 Å². The standard InChI is InChI=1S/C7H12NO/c1-5-4-6-2-3-7(5)8(6)9/h5-7H,2-4H2,1H3/q+1. The minimum atomic E-state index is 0.384. The van der Waals surface area contributed by atoms with Crippen molar-refractivity contribution in [2.45, 2.75) is 38.3 Å². The molecule has 0 aromatic rings. The molecule has 0 N–H and O–H groups in total. The van der Waals surface area contributed by atoms with Gasteiger partial charge in [0, 0.05) is 34.8 Å². The van der Waals surface area contributed by atoms with E-state index >= 15 is 0 Å². The average molecular weight is 126 g/mol. The number of fused-ring (bicyclic) bond motifs is 2. The first-order valence-corrected chi connectivity index (χ1v) is 3.74. The van der Waals surface area contributed by atoms with Crippen molar-refractivity contribution in [3.05, 3.63) is 4.91 Å². The molecule has 2 heteroatoms. The zero-order chi connectivity index (χ0) is 6.43. The Hall–Kier alpha value is -0.400. The summed E-state index contributed by atoms with van der Waals surface area (Å²) in [6, 6.07) is 0.778. The Balaban J connectivity index is 2.26. The second-order valence-electron chi connectivity index (χ2n) is 3.37. The molecule has 2 heterocycles. The van der Waals surface area contributed by atoms with Gasteiger partial charge in [0.15, 0.2) is 0 Å². The van der Waals surface area contributed by atoms with E-state index in [0.29, 0.717) is 18.0 Å². The fourth-order valence-corrected chi connectivity index (χ4v) is 2.23. The molecule has 2 rings (SSSR count). The second kappa shape index (κ2) is 1.55. The van der Waals surface area contributed by atoms with E-state index in [0.717, 1.165) is 19.3 Å². The zero-order valence-electron chi connectivity index (χ0n) is 5.71. The first-order valence-electron chi connectivity index (χ1n) is 3.74. The lowest BCUT2D eigenvalue weighted by Gasteiger charge is -2.04. The lowest BCUT2D eigenvalue weighted by Crippen LogP contribution is -2.16. The second-order valence-corrected chi connectivity index (χ2v) is 3.37. The van der Waals surface area contributed by atoms with E-state index in [4.69, 9.17) is 0 Å². The van der Waals surface area contributed by atoms with Crippen molar-refractivity contribution < 1.29 is 4.76 Å². The first-order chi connectivity index (χ1) is 4.29. The largest absolute Gasteiger partial charge is 0.204 e. The van der Waals surface area contributed by atoms with Gasteiger partial charge >= 0.3 is 0 Å². The molecular weight excluding hydrogens is 114 g/mol. The Bertz CT molecular complexity index is 155. The van der Waals surface area contributed by atoms with Gasteiger partial charge in [-0.15, -0.1) is 0 Å².